The van der Waals surface area contributed by atoms with Crippen LogP contribution in [0.5, 0.6) is 0 Å². The minimum absolute atomic E-state index is 0.120. The molecule has 7 heavy (non-hydrogen) atoms. The molecular weight excluding hydrogens is 233 g/mol. The molecule has 0 aliphatic heterocycles. The molecule has 0 rings (SSSR count). The standard InChI is InChI=1S/C3H9Si.CH3.ClH.Sb/c1-4(2)3;;;/h1-3H3;1H3;1H;/q;;;+1/p-1. The first-order valence-corrected chi connectivity index (χ1v) is 10.9. The van der Waals surface area contributed by atoms with Gasteiger partial charge in [-0.05, 0) is 0 Å². The van der Waals surface area contributed by atoms with Crippen LogP contribution in [0, 0.1) is 0 Å². The van der Waals surface area contributed by atoms with Gasteiger partial charge >= 0.3 is 34.2 Å². The predicted molar refractivity (Wildman–Crippen MR) is 40.8 cm³/mol. The van der Waals surface area contributed by atoms with Gasteiger partial charge in [0.1, 0.15) is 0 Å². The van der Waals surface area contributed by atoms with Crippen molar-refractivity contribution in [2.24, 2.45) is 0 Å². The number of rotatable bonds is 0. The summed E-state index contributed by atoms with van der Waals surface area (Å²) in [5.41, 5.74) is 0. The van der Waals surface area contributed by atoms with Gasteiger partial charge < -0.3 is 0 Å². The van der Waals surface area contributed by atoms with Crippen molar-refractivity contribution >= 4 is 38.1 Å². The average Bonchev–Trinajstić information content (AvgIpc) is 1.33. The summed E-state index contributed by atoms with van der Waals surface area (Å²) in [7, 11) is 5.27. The van der Waals surface area contributed by atoms with Gasteiger partial charge in [0.25, 0.3) is 0 Å². The monoisotopic (exact) mass is 244 g/mol. The Morgan fingerprint density at radius 2 is 1.29 bits per heavy atom. The fraction of sp³-hybridized carbons (Fsp3) is 1.00. The van der Waals surface area contributed by atoms with Crippen LogP contribution in [-0.2, 0) is 0 Å². The number of hydrogen-bond acceptors (Lipinski definition) is 0. The second kappa shape index (κ2) is 10.3. The summed E-state index contributed by atoms with van der Waals surface area (Å²) in [5, 5.41) is 0. The zero-order valence-electron chi connectivity index (χ0n) is 5.33. The molecule has 0 unspecified atom stereocenters. The van der Waals surface area contributed by atoms with Gasteiger partial charge in [0.2, 0.25) is 0 Å². The molecule has 0 fully saturated rings. The molecule has 0 spiro atoms. The summed E-state index contributed by atoms with van der Waals surface area (Å²) in [6.07, 6.45) is 0. The van der Waals surface area contributed by atoms with E-state index in [-0.39, 0.29) is 29.3 Å². The van der Waals surface area contributed by atoms with E-state index in [0.717, 1.165) is 0 Å². The molecule has 0 aromatic rings. The topological polar surface area (TPSA) is 0 Å². The Morgan fingerprint density at radius 3 is 1.29 bits per heavy atom. The molecule has 0 saturated heterocycles. The quantitative estimate of drug-likeness (QED) is 0.574. The molecular formula is C4H12ClSbSi. The molecule has 0 aromatic carbocycles. The van der Waals surface area contributed by atoms with E-state index in [1.54, 1.807) is 0 Å². The zero-order valence-corrected chi connectivity index (χ0v) is 9.63. The van der Waals surface area contributed by atoms with Crippen LogP contribution in [0.25, 0.3) is 0 Å². The maximum absolute atomic E-state index is 5.15. The summed E-state index contributed by atoms with van der Waals surface area (Å²) in [4.78, 5) is 2.04. The Morgan fingerprint density at radius 1 is 1.29 bits per heavy atom. The molecule has 0 atom stereocenters. The van der Waals surface area contributed by atoms with Crippen molar-refractivity contribution in [2.75, 3.05) is 0 Å². The van der Waals surface area contributed by atoms with Gasteiger partial charge in [-0.15, -0.1) is 0 Å². The SMILES string of the molecule is C[Si](C)C.[CH3][Sb][Cl]. The Balaban J connectivity index is 0. The van der Waals surface area contributed by atoms with Crippen molar-refractivity contribution in [3.05, 3.63) is 0 Å². The molecule has 0 aliphatic rings. The van der Waals surface area contributed by atoms with Gasteiger partial charge in [-0.2, -0.15) is 0 Å². The minimum atomic E-state index is -0.178. The van der Waals surface area contributed by atoms with Gasteiger partial charge in [-0.1, -0.05) is 19.6 Å². The van der Waals surface area contributed by atoms with Crippen LogP contribution in [0.1, 0.15) is 0 Å². The summed E-state index contributed by atoms with van der Waals surface area (Å²) in [6, 6.07) is 0. The first kappa shape index (κ1) is 11.2. The van der Waals surface area contributed by atoms with Crippen LogP contribution in [0.15, 0.2) is 0 Å². The molecule has 0 heterocycles. The van der Waals surface area contributed by atoms with Crippen LogP contribution in [0.4, 0.5) is 0 Å². The van der Waals surface area contributed by atoms with Crippen molar-refractivity contribution in [1.29, 1.82) is 0 Å². The second-order valence-corrected chi connectivity index (χ2v) is 7.90. The summed E-state index contributed by atoms with van der Waals surface area (Å²) in [6.45, 7) is 6.81. The Kier molecular flexibility index (Phi) is 16.5. The van der Waals surface area contributed by atoms with Gasteiger partial charge in [-0.25, -0.2) is 0 Å². The van der Waals surface area contributed by atoms with E-state index < -0.39 is 0 Å². The molecule has 0 bridgehead atoms. The Bertz CT molecular complexity index is 22.9. The summed E-state index contributed by atoms with van der Waals surface area (Å²) < 4.78 is 0. The van der Waals surface area contributed by atoms with E-state index in [1.165, 1.54) is 0 Å². The van der Waals surface area contributed by atoms with Crippen LogP contribution in [0.3, 0.4) is 0 Å². The van der Waals surface area contributed by atoms with Crippen molar-refractivity contribution in [3.63, 3.8) is 0 Å². The molecule has 0 saturated carbocycles. The maximum atomic E-state index is 5.15. The molecule has 2 radical (unpaired) electrons. The van der Waals surface area contributed by atoms with Crippen molar-refractivity contribution in [2.45, 2.75) is 24.5 Å². The van der Waals surface area contributed by atoms with E-state index in [2.05, 4.69) is 19.6 Å². The van der Waals surface area contributed by atoms with Crippen LogP contribution < -0.4 is 0 Å². The second-order valence-electron chi connectivity index (χ2n) is 1.67. The molecule has 0 N–H and O–H groups in total. The fourth-order valence-electron chi connectivity index (χ4n) is 0. The number of halogens is 1. The zero-order chi connectivity index (χ0) is 6.28. The van der Waals surface area contributed by atoms with E-state index in [9.17, 15) is 0 Å². The van der Waals surface area contributed by atoms with Crippen molar-refractivity contribution in [3.8, 4) is 0 Å². The Hall–Kier alpha value is 1.33. The third kappa shape index (κ3) is 118. The summed E-state index contributed by atoms with van der Waals surface area (Å²) >= 11 is -0.178. The molecule has 44 valence electrons. The van der Waals surface area contributed by atoms with Crippen LogP contribution in [0.2, 0.25) is 24.5 Å². The predicted octanol–water partition coefficient (Wildman–Crippen LogP) is 2.26. The molecule has 3 heteroatoms. The van der Waals surface area contributed by atoms with Crippen molar-refractivity contribution < 1.29 is 0 Å². The summed E-state index contributed by atoms with van der Waals surface area (Å²) in [5.74, 6) is 0. The molecule has 0 aromatic heterocycles. The van der Waals surface area contributed by atoms with Gasteiger partial charge in [0.05, 0.1) is 0 Å². The Labute approximate surface area is 62.5 Å². The van der Waals surface area contributed by atoms with E-state index in [1.807, 2.05) is 4.87 Å². The normalized spacial score (nSPS) is 7.71. The number of hydrogen-bond donors (Lipinski definition) is 0. The molecule has 0 nitrogen and oxygen atoms in total. The van der Waals surface area contributed by atoms with Crippen LogP contribution in [-0.4, -0.2) is 29.3 Å². The molecule has 0 aliphatic carbocycles. The average molecular weight is 245 g/mol. The van der Waals surface area contributed by atoms with Gasteiger partial charge in [-0.3, -0.25) is 0 Å². The van der Waals surface area contributed by atoms with E-state index in [0.29, 0.717) is 0 Å². The van der Waals surface area contributed by atoms with Gasteiger partial charge in [0, 0.05) is 8.80 Å². The molecule has 0 amide bonds. The third-order valence-electron chi connectivity index (χ3n) is 0. The van der Waals surface area contributed by atoms with Crippen molar-refractivity contribution in [1.82, 2.24) is 0 Å². The fourth-order valence-corrected chi connectivity index (χ4v) is 0. The first-order valence-electron chi connectivity index (χ1n) is 2.12. The van der Waals surface area contributed by atoms with Crippen LogP contribution >= 0.6 is 8.83 Å². The van der Waals surface area contributed by atoms with E-state index >= 15 is 0 Å². The third-order valence-corrected chi connectivity index (χ3v) is 0. The van der Waals surface area contributed by atoms with E-state index in [4.69, 9.17) is 8.83 Å². The van der Waals surface area contributed by atoms with Gasteiger partial charge in [0.15, 0.2) is 0 Å². The first-order chi connectivity index (χ1) is 3.15.